The van der Waals surface area contributed by atoms with Gasteiger partial charge in [0.05, 0.1) is 16.8 Å². The second kappa shape index (κ2) is 8.84. The highest BCUT2D eigenvalue weighted by atomic mass is 16.3. The Morgan fingerprint density at radius 3 is 2.64 bits per heavy atom. The summed E-state index contributed by atoms with van der Waals surface area (Å²) < 4.78 is 0. The minimum Gasteiger partial charge on any atom is -0.507 e. The van der Waals surface area contributed by atoms with Crippen molar-refractivity contribution >= 4 is 17.4 Å². The maximum Gasteiger partial charge on any atom is 0.252 e. The highest BCUT2D eigenvalue weighted by Gasteiger charge is 2.17. The molecule has 2 aromatic rings. The Morgan fingerprint density at radius 2 is 2.00 bits per heavy atom. The molecule has 3 rings (SSSR count). The van der Waals surface area contributed by atoms with Crippen molar-refractivity contribution in [2.45, 2.75) is 38.6 Å². The fourth-order valence-corrected chi connectivity index (χ4v) is 3.42. The number of hydrogen-bond acceptors (Lipinski definition) is 6. The van der Waals surface area contributed by atoms with Crippen LogP contribution in [-0.4, -0.2) is 40.9 Å². The second-order valence-corrected chi connectivity index (χ2v) is 7.06. The minimum absolute atomic E-state index is 0.0221. The number of benzene rings is 1. The lowest BCUT2D eigenvalue weighted by molar-refractivity contribution is 0.0982. The van der Waals surface area contributed by atoms with Gasteiger partial charge in [-0.2, -0.15) is 0 Å². The summed E-state index contributed by atoms with van der Waals surface area (Å²) in [6, 6.07) is 7.16. The number of carbonyl (C=O) groups excluding carboxylic acids is 2. The summed E-state index contributed by atoms with van der Waals surface area (Å²) in [4.78, 5) is 27.9. The number of carbonyl (C=O) groups is 2. The molecule has 1 fully saturated rings. The first-order valence-electron chi connectivity index (χ1n) is 9.59. The number of nitrogens with one attached hydrogen (secondary N) is 2. The first-order valence-corrected chi connectivity index (χ1v) is 9.59. The third kappa shape index (κ3) is 4.67. The van der Waals surface area contributed by atoms with Gasteiger partial charge in [0.15, 0.2) is 5.78 Å². The topological polar surface area (TPSA) is 117 Å². The summed E-state index contributed by atoms with van der Waals surface area (Å²) in [5.41, 5.74) is 8.47. The van der Waals surface area contributed by atoms with E-state index in [4.69, 9.17) is 5.73 Å². The smallest absolute Gasteiger partial charge is 0.252 e. The predicted molar refractivity (Wildman–Crippen MR) is 108 cm³/mol. The van der Waals surface area contributed by atoms with E-state index in [0.717, 1.165) is 37.2 Å². The number of nitrogens with zero attached hydrogens (tertiary/aromatic N) is 1. The van der Waals surface area contributed by atoms with Crippen LogP contribution in [0.2, 0.25) is 0 Å². The quantitative estimate of drug-likeness (QED) is 0.546. The molecule has 0 bridgehead atoms. The monoisotopic (exact) mass is 382 g/mol. The Balaban J connectivity index is 1.82. The van der Waals surface area contributed by atoms with Crippen LogP contribution in [0.25, 0.3) is 0 Å². The van der Waals surface area contributed by atoms with Crippen molar-refractivity contribution in [3.05, 3.63) is 52.8 Å². The van der Waals surface area contributed by atoms with Gasteiger partial charge in [-0.1, -0.05) is 13.0 Å². The molecule has 7 nitrogen and oxygen atoms in total. The van der Waals surface area contributed by atoms with E-state index in [1.165, 1.54) is 6.20 Å². The highest BCUT2D eigenvalue weighted by Crippen LogP contribution is 2.24. The molecular weight excluding hydrogens is 356 g/mol. The van der Waals surface area contributed by atoms with Gasteiger partial charge in [0.2, 0.25) is 0 Å². The van der Waals surface area contributed by atoms with Gasteiger partial charge in [-0.05, 0) is 49.7 Å². The Kier molecular flexibility index (Phi) is 6.26. The van der Waals surface area contributed by atoms with E-state index in [0.29, 0.717) is 29.7 Å². The fourth-order valence-electron chi connectivity index (χ4n) is 3.42. The SMILES string of the molecule is CCC(=O)c1ccc(Cc2cc(NC3CCNCC3)c(C(N)=O)cn2)cc1O. The number of phenolic OH excluding ortho intramolecular Hbond substituents is 1. The third-order valence-corrected chi connectivity index (χ3v) is 4.99. The third-order valence-electron chi connectivity index (χ3n) is 4.99. The van der Waals surface area contributed by atoms with E-state index in [1.807, 2.05) is 12.1 Å². The number of aromatic hydroxyl groups is 1. The Morgan fingerprint density at radius 1 is 1.25 bits per heavy atom. The Bertz CT molecular complexity index is 876. The summed E-state index contributed by atoms with van der Waals surface area (Å²) in [7, 11) is 0. The summed E-state index contributed by atoms with van der Waals surface area (Å²) in [6.45, 7) is 3.63. The number of amides is 1. The average Bonchev–Trinajstić information content (AvgIpc) is 2.68. The summed E-state index contributed by atoms with van der Waals surface area (Å²) in [6.07, 6.45) is 4.24. The number of nitrogens with two attached hydrogens (primary N) is 1. The summed E-state index contributed by atoms with van der Waals surface area (Å²) in [5.74, 6) is -0.636. The van der Waals surface area contributed by atoms with Crippen molar-refractivity contribution < 1.29 is 14.7 Å². The van der Waals surface area contributed by atoms with Crippen LogP contribution in [0, 0.1) is 0 Å². The fraction of sp³-hybridized carbons (Fsp3) is 0.381. The molecule has 0 spiro atoms. The zero-order valence-corrected chi connectivity index (χ0v) is 16.0. The van der Waals surface area contributed by atoms with Gasteiger partial charge in [-0.3, -0.25) is 14.6 Å². The number of pyridine rings is 1. The number of primary amides is 1. The van der Waals surface area contributed by atoms with Crippen LogP contribution in [0.5, 0.6) is 5.75 Å². The Hall–Kier alpha value is -2.93. The molecule has 1 aromatic heterocycles. The first-order chi connectivity index (χ1) is 13.5. The van der Waals surface area contributed by atoms with E-state index in [9.17, 15) is 14.7 Å². The zero-order chi connectivity index (χ0) is 20.1. The number of rotatable bonds is 7. The number of piperidine rings is 1. The van der Waals surface area contributed by atoms with Gasteiger partial charge in [0.25, 0.3) is 5.91 Å². The van der Waals surface area contributed by atoms with Crippen LogP contribution in [-0.2, 0) is 6.42 Å². The van der Waals surface area contributed by atoms with Crippen molar-refractivity contribution in [1.82, 2.24) is 10.3 Å². The second-order valence-electron chi connectivity index (χ2n) is 7.06. The molecule has 7 heteroatoms. The molecule has 1 aromatic carbocycles. The minimum atomic E-state index is -0.518. The van der Waals surface area contributed by atoms with Gasteiger partial charge in [0.1, 0.15) is 5.75 Å². The zero-order valence-electron chi connectivity index (χ0n) is 16.0. The highest BCUT2D eigenvalue weighted by molar-refractivity contribution is 5.99. The van der Waals surface area contributed by atoms with E-state index in [1.54, 1.807) is 19.1 Å². The van der Waals surface area contributed by atoms with Gasteiger partial charge >= 0.3 is 0 Å². The van der Waals surface area contributed by atoms with Crippen molar-refractivity contribution in [3.8, 4) is 5.75 Å². The number of anilines is 1. The van der Waals surface area contributed by atoms with Crippen molar-refractivity contribution in [2.24, 2.45) is 5.73 Å². The largest absolute Gasteiger partial charge is 0.507 e. The summed E-state index contributed by atoms with van der Waals surface area (Å²) >= 11 is 0. The molecule has 0 radical (unpaired) electrons. The van der Waals surface area contributed by atoms with Crippen molar-refractivity contribution in [2.75, 3.05) is 18.4 Å². The van der Waals surface area contributed by atoms with Gasteiger partial charge in [0, 0.05) is 30.8 Å². The van der Waals surface area contributed by atoms with E-state index < -0.39 is 5.91 Å². The van der Waals surface area contributed by atoms with Gasteiger partial charge in [-0.15, -0.1) is 0 Å². The molecule has 1 aliphatic heterocycles. The molecule has 28 heavy (non-hydrogen) atoms. The van der Waals surface area contributed by atoms with Crippen molar-refractivity contribution in [1.29, 1.82) is 0 Å². The predicted octanol–water partition coefficient (Wildman–Crippen LogP) is 2.23. The lowest BCUT2D eigenvalue weighted by Gasteiger charge is -2.25. The molecule has 1 aliphatic rings. The van der Waals surface area contributed by atoms with Crippen LogP contribution in [0.4, 0.5) is 5.69 Å². The standard InChI is InChI=1S/C21H26N4O3/c1-2-19(26)16-4-3-13(10-20(16)27)9-15-11-18(17(12-24-15)21(22)28)25-14-5-7-23-8-6-14/h3-4,10-12,14,23,27H,2,5-9H2,1H3,(H2,22,28)(H,24,25). The van der Waals surface area contributed by atoms with Crippen LogP contribution in [0.15, 0.2) is 30.5 Å². The van der Waals surface area contributed by atoms with Crippen LogP contribution in [0.1, 0.15) is 58.2 Å². The molecule has 0 unspecified atom stereocenters. The maximum absolute atomic E-state index is 11.8. The van der Waals surface area contributed by atoms with Gasteiger partial charge in [-0.25, -0.2) is 0 Å². The molecular formula is C21H26N4O3. The molecule has 1 saturated heterocycles. The van der Waals surface area contributed by atoms with Crippen LogP contribution in [0.3, 0.4) is 0 Å². The normalized spacial score (nSPS) is 14.6. The number of Topliss-reactive ketones (excluding diaryl/α,β-unsaturated/α-hetero) is 1. The Labute approximate surface area is 164 Å². The molecule has 148 valence electrons. The maximum atomic E-state index is 11.8. The van der Waals surface area contributed by atoms with Crippen LogP contribution < -0.4 is 16.4 Å². The lowest BCUT2D eigenvalue weighted by atomic mass is 10.0. The van der Waals surface area contributed by atoms with E-state index in [2.05, 4.69) is 15.6 Å². The van der Waals surface area contributed by atoms with Crippen molar-refractivity contribution in [3.63, 3.8) is 0 Å². The number of aromatic nitrogens is 1. The number of hydrogen-bond donors (Lipinski definition) is 4. The molecule has 0 aliphatic carbocycles. The lowest BCUT2D eigenvalue weighted by Crippen LogP contribution is -2.35. The molecule has 0 saturated carbocycles. The number of phenols is 1. The van der Waals surface area contributed by atoms with E-state index >= 15 is 0 Å². The van der Waals surface area contributed by atoms with Gasteiger partial charge < -0.3 is 21.5 Å². The van der Waals surface area contributed by atoms with E-state index in [-0.39, 0.29) is 17.6 Å². The first kappa shape index (κ1) is 19.8. The molecule has 0 atom stereocenters. The average molecular weight is 382 g/mol. The molecule has 2 heterocycles. The number of ketones is 1. The summed E-state index contributed by atoms with van der Waals surface area (Å²) in [5, 5.41) is 16.9. The van der Waals surface area contributed by atoms with Crippen LogP contribution >= 0.6 is 0 Å². The molecule has 5 N–H and O–H groups in total. The molecule has 1 amide bonds.